The lowest BCUT2D eigenvalue weighted by molar-refractivity contribution is -0.123. The summed E-state index contributed by atoms with van der Waals surface area (Å²) >= 11 is 0. The first-order valence-corrected chi connectivity index (χ1v) is 24.9. The highest BCUT2D eigenvalue weighted by molar-refractivity contribution is 5.76. The van der Waals surface area contributed by atoms with Crippen LogP contribution in [-0.2, 0) is 4.79 Å². The predicted octanol–water partition coefficient (Wildman–Crippen LogP) is 15.8. The van der Waals surface area contributed by atoms with Crippen molar-refractivity contribution in [1.29, 1.82) is 0 Å². The summed E-state index contributed by atoms with van der Waals surface area (Å²) in [7, 11) is 0. The molecule has 0 fully saturated rings. The number of aliphatic hydroxyl groups excluding tert-OH is 2. The standard InChI is InChI=1S/C50H99NO3/c1-3-5-7-9-11-13-15-17-18-19-20-21-22-23-24-25-26-27-28-29-30-31-32-34-35-37-39-41-43-45-49(53)48(47-52)51-50(54)46-44-42-40-38-36-33-16-14-12-10-8-6-4-2/h43,45,48-49,52-53H,3-42,44,46-47H2,1-2H3,(H,51,54)/b45-43+. The van der Waals surface area contributed by atoms with Crippen LogP contribution in [0.2, 0.25) is 0 Å². The summed E-state index contributed by atoms with van der Waals surface area (Å²) in [6.45, 7) is 4.33. The third-order valence-electron chi connectivity index (χ3n) is 11.8. The van der Waals surface area contributed by atoms with E-state index in [-0.39, 0.29) is 12.5 Å². The van der Waals surface area contributed by atoms with Gasteiger partial charge in [-0.1, -0.05) is 270 Å². The van der Waals surface area contributed by atoms with Gasteiger partial charge in [-0.05, 0) is 19.3 Å². The molecule has 3 N–H and O–H groups in total. The van der Waals surface area contributed by atoms with Crippen LogP contribution in [0.15, 0.2) is 12.2 Å². The van der Waals surface area contributed by atoms with Gasteiger partial charge in [0.05, 0.1) is 18.8 Å². The highest BCUT2D eigenvalue weighted by Crippen LogP contribution is 2.17. The summed E-state index contributed by atoms with van der Waals surface area (Å²) in [5.74, 6) is -0.0600. The van der Waals surface area contributed by atoms with Crippen LogP contribution < -0.4 is 5.32 Å². The van der Waals surface area contributed by atoms with E-state index < -0.39 is 12.1 Å². The fourth-order valence-corrected chi connectivity index (χ4v) is 7.95. The van der Waals surface area contributed by atoms with E-state index in [2.05, 4.69) is 19.2 Å². The zero-order valence-corrected chi connectivity index (χ0v) is 37.0. The van der Waals surface area contributed by atoms with Gasteiger partial charge in [-0.15, -0.1) is 0 Å². The minimum atomic E-state index is -0.834. The topological polar surface area (TPSA) is 69.6 Å². The van der Waals surface area contributed by atoms with Gasteiger partial charge >= 0.3 is 0 Å². The lowest BCUT2D eigenvalue weighted by Crippen LogP contribution is -2.45. The Balaban J connectivity index is 3.43. The van der Waals surface area contributed by atoms with Crippen LogP contribution in [0, 0.1) is 0 Å². The first-order chi connectivity index (χ1) is 26.7. The number of nitrogens with one attached hydrogen (secondary N) is 1. The van der Waals surface area contributed by atoms with Gasteiger partial charge in [0, 0.05) is 6.42 Å². The van der Waals surface area contributed by atoms with Crippen LogP contribution >= 0.6 is 0 Å². The van der Waals surface area contributed by atoms with Gasteiger partial charge in [0.2, 0.25) is 5.91 Å². The van der Waals surface area contributed by atoms with E-state index in [0.29, 0.717) is 6.42 Å². The number of unbranched alkanes of at least 4 members (excludes halogenated alkanes) is 39. The highest BCUT2D eigenvalue weighted by Gasteiger charge is 2.18. The van der Waals surface area contributed by atoms with Crippen molar-refractivity contribution in [2.75, 3.05) is 6.61 Å². The minimum absolute atomic E-state index is 0.0600. The van der Waals surface area contributed by atoms with Crippen LogP contribution in [0.1, 0.15) is 284 Å². The smallest absolute Gasteiger partial charge is 0.220 e. The molecule has 0 aliphatic rings. The van der Waals surface area contributed by atoms with E-state index in [1.807, 2.05) is 6.08 Å². The van der Waals surface area contributed by atoms with E-state index in [1.165, 1.54) is 238 Å². The molecule has 2 unspecified atom stereocenters. The van der Waals surface area contributed by atoms with Crippen molar-refractivity contribution in [3.63, 3.8) is 0 Å². The summed E-state index contributed by atoms with van der Waals surface area (Å²) in [5, 5.41) is 23.1. The molecular weight excluding hydrogens is 663 g/mol. The molecule has 0 aromatic rings. The van der Waals surface area contributed by atoms with Crippen molar-refractivity contribution in [1.82, 2.24) is 5.32 Å². The summed E-state index contributed by atoms with van der Waals surface area (Å²) in [4.78, 5) is 12.4. The Bertz CT molecular complexity index is 739. The molecule has 0 aromatic heterocycles. The molecule has 2 atom stereocenters. The van der Waals surface area contributed by atoms with Gasteiger partial charge in [-0.3, -0.25) is 4.79 Å². The lowest BCUT2D eigenvalue weighted by Gasteiger charge is -2.20. The van der Waals surface area contributed by atoms with Gasteiger partial charge in [-0.25, -0.2) is 0 Å². The molecule has 0 bridgehead atoms. The Labute approximate surface area is 339 Å². The lowest BCUT2D eigenvalue weighted by atomic mass is 10.0. The Kier molecular flexibility index (Phi) is 45.8. The zero-order chi connectivity index (χ0) is 39.3. The third-order valence-corrected chi connectivity index (χ3v) is 11.8. The molecule has 4 heteroatoms. The first kappa shape index (κ1) is 53.1. The number of rotatable bonds is 46. The molecule has 0 aliphatic heterocycles. The molecule has 1 amide bonds. The minimum Gasteiger partial charge on any atom is -0.394 e. The molecular formula is C50H99NO3. The first-order valence-electron chi connectivity index (χ1n) is 24.9. The van der Waals surface area contributed by atoms with Gasteiger partial charge in [0.1, 0.15) is 0 Å². The Morgan fingerprint density at radius 3 is 0.963 bits per heavy atom. The number of hydrogen-bond donors (Lipinski definition) is 3. The maximum absolute atomic E-state index is 12.4. The number of amides is 1. The Hall–Kier alpha value is -0.870. The van der Waals surface area contributed by atoms with Crippen molar-refractivity contribution < 1.29 is 15.0 Å². The molecule has 0 radical (unpaired) electrons. The molecule has 322 valence electrons. The van der Waals surface area contributed by atoms with Crippen LogP contribution in [0.4, 0.5) is 0 Å². The molecule has 0 rings (SSSR count). The molecule has 0 spiro atoms. The largest absolute Gasteiger partial charge is 0.394 e. The van der Waals surface area contributed by atoms with Crippen LogP contribution in [0.3, 0.4) is 0 Å². The molecule has 0 aliphatic carbocycles. The van der Waals surface area contributed by atoms with Crippen molar-refractivity contribution in [3.8, 4) is 0 Å². The van der Waals surface area contributed by atoms with Crippen molar-refractivity contribution in [2.24, 2.45) is 0 Å². The molecule has 54 heavy (non-hydrogen) atoms. The van der Waals surface area contributed by atoms with E-state index in [0.717, 1.165) is 25.7 Å². The number of carbonyl (C=O) groups is 1. The molecule has 0 saturated heterocycles. The van der Waals surface area contributed by atoms with E-state index in [9.17, 15) is 15.0 Å². The fraction of sp³-hybridized carbons (Fsp3) is 0.940. The van der Waals surface area contributed by atoms with Gasteiger partial charge in [0.25, 0.3) is 0 Å². The second-order valence-corrected chi connectivity index (χ2v) is 17.2. The molecule has 0 heterocycles. The third kappa shape index (κ3) is 42.3. The SMILES string of the molecule is CCCCCCCCCCCCCCCCCCCCCCCCCCCCC/C=C/C(O)C(CO)NC(=O)CCCCCCCCCCCCCCC. The average Bonchev–Trinajstić information content (AvgIpc) is 3.18. The van der Waals surface area contributed by atoms with E-state index >= 15 is 0 Å². The number of aliphatic hydroxyl groups is 2. The maximum Gasteiger partial charge on any atom is 0.220 e. The van der Waals surface area contributed by atoms with Crippen molar-refractivity contribution >= 4 is 5.91 Å². The maximum atomic E-state index is 12.4. The molecule has 0 aromatic carbocycles. The monoisotopic (exact) mass is 762 g/mol. The summed E-state index contributed by atoms with van der Waals surface area (Å²) in [6, 6.07) is -0.616. The summed E-state index contributed by atoms with van der Waals surface area (Å²) in [6.07, 6.45) is 59.3. The highest BCUT2D eigenvalue weighted by atomic mass is 16.3. The Morgan fingerprint density at radius 1 is 0.426 bits per heavy atom. The predicted molar refractivity (Wildman–Crippen MR) is 239 cm³/mol. The van der Waals surface area contributed by atoms with Crippen molar-refractivity contribution in [3.05, 3.63) is 12.2 Å². The summed E-state index contributed by atoms with van der Waals surface area (Å²) in [5.41, 5.74) is 0. The van der Waals surface area contributed by atoms with Crippen molar-refractivity contribution in [2.45, 2.75) is 296 Å². The van der Waals surface area contributed by atoms with Crippen LogP contribution in [-0.4, -0.2) is 34.9 Å². The number of hydrogen-bond acceptors (Lipinski definition) is 3. The van der Waals surface area contributed by atoms with Gasteiger partial charge < -0.3 is 15.5 Å². The quantitative estimate of drug-likeness (QED) is 0.0427. The van der Waals surface area contributed by atoms with Crippen LogP contribution in [0.5, 0.6) is 0 Å². The zero-order valence-electron chi connectivity index (χ0n) is 37.0. The second-order valence-electron chi connectivity index (χ2n) is 17.2. The number of allylic oxidation sites excluding steroid dienone is 1. The van der Waals surface area contributed by atoms with E-state index in [4.69, 9.17) is 0 Å². The van der Waals surface area contributed by atoms with Gasteiger partial charge in [0.15, 0.2) is 0 Å². The number of carbonyl (C=O) groups excluding carboxylic acids is 1. The Morgan fingerprint density at radius 2 is 0.685 bits per heavy atom. The molecule has 0 saturated carbocycles. The fourth-order valence-electron chi connectivity index (χ4n) is 7.95. The van der Waals surface area contributed by atoms with E-state index in [1.54, 1.807) is 6.08 Å². The normalized spacial score (nSPS) is 12.9. The van der Waals surface area contributed by atoms with Gasteiger partial charge in [-0.2, -0.15) is 0 Å². The molecule has 4 nitrogen and oxygen atoms in total. The summed E-state index contributed by atoms with van der Waals surface area (Å²) < 4.78 is 0. The second kappa shape index (κ2) is 46.5. The van der Waals surface area contributed by atoms with Crippen LogP contribution in [0.25, 0.3) is 0 Å². The average molecular weight is 762 g/mol.